The zero-order valence-corrected chi connectivity index (χ0v) is 16.1. The van der Waals surface area contributed by atoms with Crippen molar-refractivity contribution in [3.63, 3.8) is 0 Å². The van der Waals surface area contributed by atoms with Gasteiger partial charge in [0.25, 0.3) is 0 Å². The molecule has 1 aliphatic rings. The molecule has 24 heavy (non-hydrogen) atoms. The first-order valence-electron chi connectivity index (χ1n) is 7.53. The number of anilines is 1. The van der Waals surface area contributed by atoms with Crippen molar-refractivity contribution in [3.8, 4) is 0 Å². The third kappa shape index (κ3) is 2.58. The molecule has 0 N–H and O–H groups in total. The molecule has 0 aliphatic carbocycles. The second kappa shape index (κ2) is 5.70. The topological polar surface area (TPSA) is 54.5 Å². The van der Waals surface area contributed by atoms with Crippen molar-refractivity contribution >= 4 is 37.4 Å². The molecule has 0 saturated carbocycles. The van der Waals surface area contributed by atoms with Gasteiger partial charge in [-0.1, -0.05) is 39.7 Å². The number of benzene rings is 2. The summed E-state index contributed by atoms with van der Waals surface area (Å²) in [6.07, 6.45) is 0. The van der Waals surface area contributed by atoms with Crippen LogP contribution in [0.25, 0.3) is 0 Å². The van der Waals surface area contributed by atoms with Crippen LogP contribution in [-0.4, -0.2) is 27.1 Å². The second-order valence-electron chi connectivity index (χ2n) is 6.40. The number of sulfone groups is 1. The molecule has 126 valence electrons. The number of likely N-dealkylation sites (N-methyl/N-ethyl adjacent to an activating group) is 1. The molecule has 0 fully saturated rings. The summed E-state index contributed by atoms with van der Waals surface area (Å²) in [5, 5.41) is 0. The van der Waals surface area contributed by atoms with Crippen LogP contribution in [0.2, 0.25) is 0 Å². The highest BCUT2D eigenvalue weighted by atomic mass is 79.9. The van der Waals surface area contributed by atoms with Crippen LogP contribution in [0.1, 0.15) is 18.1 Å². The smallest absolute Gasteiger partial charge is 0.238 e. The Morgan fingerprint density at radius 2 is 1.75 bits per heavy atom. The van der Waals surface area contributed by atoms with Crippen LogP contribution in [0.5, 0.6) is 0 Å². The number of hydrogen-bond donors (Lipinski definition) is 0. The van der Waals surface area contributed by atoms with Crippen LogP contribution >= 0.6 is 15.9 Å². The molecule has 0 radical (unpaired) electrons. The van der Waals surface area contributed by atoms with E-state index in [1.165, 1.54) is 4.90 Å². The normalized spacial score (nSPS) is 20.3. The van der Waals surface area contributed by atoms with Crippen LogP contribution in [0.4, 0.5) is 5.69 Å². The molecule has 4 nitrogen and oxygen atoms in total. The molecule has 1 heterocycles. The number of aryl methyl sites for hydroxylation is 1. The summed E-state index contributed by atoms with van der Waals surface area (Å²) in [5.74, 6) is -0.470. The third-order valence-corrected chi connectivity index (χ3v) is 7.15. The highest BCUT2D eigenvalue weighted by Gasteiger charge is 2.50. The minimum atomic E-state index is -3.60. The Morgan fingerprint density at radius 1 is 1.12 bits per heavy atom. The lowest BCUT2D eigenvalue weighted by Gasteiger charge is -2.24. The number of rotatable bonds is 3. The fourth-order valence-electron chi connectivity index (χ4n) is 3.27. The molecule has 0 bridgehead atoms. The summed E-state index contributed by atoms with van der Waals surface area (Å²) in [6, 6.07) is 12.2. The monoisotopic (exact) mass is 407 g/mol. The quantitative estimate of drug-likeness (QED) is 0.782. The molecule has 0 saturated heterocycles. The summed E-state index contributed by atoms with van der Waals surface area (Å²) in [7, 11) is -1.93. The summed E-state index contributed by atoms with van der Waals surface area (Å²) in [4.78, 5) is 14.6. The SMILES string of the molecule is Cc1ccc(S(=O)(=O)CC2(C)C(=O)N(C)c3cccc(Br)c32)cc1. The maximum atomic E-state index is 12.9. The molecular weight excluding hydrogens is 390 g/mol. The molecule has 1 aliphatic heterocycles. The molecule has 1 amide bonds. The van der Waals surface area contributed by atoms with Crippen LogP contribution in [-0.2, 0) is 20.0 Å². The van der Waals surface area contributed by atoms with Gasteiger partial charge in [0.15, 0.2) is 9.84 Å². The maximum absolute atomic E-state index is 12.9. The zero-order chi connectivity index (χ0) is 17.7. The van der Waals surface area contributed by atoms with Gasteiger partial charge in [-0.3, -0.25) is 4.79 Å². The van der Waals surface area contributed by atoms with Crippen molar-refractivity contribution in [1.29, 1.82) is 0 Å². The largest absolute Gasteiger partial charge is 0.314 e. The van der Waals surface area contributed by atoms with E-state index in [0.717, 1.165) is 21.3 Å². The lowest BCUT2D eigenvalue weighted by molar-refractivity contribution is -0.121. The van der Waals surface area contributed by atoms with E-state index in [4.69, 9.17) is 0 Å². The number of fused-ring (bicyclic) bond motifs is 1. The fraction of sp³-hybridized carbons (Fsp3) is 0.278. The minimum Gasteiger partial charge on any atom is -0.314 e. The van der Waals surface area contributed by atoms with E-state index in [1.807, 2.05) is 25.1 Å². The maximum Gasteiger partial charge on any atom is 0.238 e. The lowest BCUT2D eigenvalue weighted by atomic mass is 9.86. The van der Waals surface area contributed by atoms with Gasteiger partial charge in [-0.25, -0.2) is 8.42 Å². The lowest BCUT2D eigenvalue weighted by Crippen LogP contribution is -2.41. The second-order valence-corrected chi connectivity index (χ2v) is 9.25. The van der Waals surface area contributed by atoms with Crippen molar-refractivity contribution in [2.45, 2.75) is 24.2 Å². The van der Waals surface area contributed by atoms with Crippen molar-refractivity contribution in [2.75, 3.05) is 17.7 Å². The fourth-order valence-corrected chi connectivity index (χ4v) is 5.81. The molecule has 1 unspecified atom stereocenters. The van der Waals surface area contributed by atoms with Gasteiger partial charge >= 0.3 is 0 Å². The van der Waals surface area contributed by atoms with E-state index < -0.39 is 15.3 Å². The molecule has 1 atom stereocenters. The van der Waals surface area contributed by atoms with Crippen molar-refractivity contribution < 1.29 is 13.2 Å². The highest BCUT2D eigenvalue weighted by Crippen LogP contribution is 2.46. The van der Waals surface area contributed by atoms with E-state index >= 15 is 0 Å². The predicted octanol–water partition coefficient (Wildman–Crippen LogP) is 3.47. The van der Waals surface area contributed by atoms with Crippen LogP contribution < -0.4 is 4.90 Å². The van der Waals surface area contributed by atoms with Crippen LogP contribution in [0, 0.1) is 6.92 Å². The van der Waals surface area contributed by atoms with Crippen molar-refractivity contribution in [1.82, 2.24) is 0 Å². The standard InChI is InChI=1S/C18H18BrNO3S/c1-12-7-9-13(10-8-12)24(22,23)11-18(2)16-14(19)5-4-6-15(16)20(3)17(18)21/h4-10H,11H2,1-3H3. The van der Waals surface area contributed by atoms with Crippen molar-refractivity contribution in [3.05, 3.63) is 58.1 Å². The number of carbonyl (C=O) groups excluding carboxylic acids is 1. The summed E-state index contributed by atoms with van der Waals surface area (Å²) < 4.78 is 26.5. The molecule has 2 aromatic carbocycles. The average Bonchev–Trinajstić information content (AvgIpc) is 2.70. The Labute approximate surface area is 150 Å². The van der Waals surface area contributed by atoms with E-state index in [-0.39, 0.29) is 16.6 Å². The first-order chi connectivity index (χ1) is 11.2. The van der Waals surface area contributed by atoms with Gasteiger partial charge in [0.1, 0.15) is 0 Å². The van der Waals surface area contributed by atoms with E-state index in [1.54, 1.807) is 38.2 Å². The van der Waals surface area contributed by atoms with E-state index in [9.17, 15) is 13.2 Å². The number of hydrogen-bond acceptors (Lipinski definition) is 3. The Balaban J connectivity index is 2.10. The third-order valence-electron chi connectivity index (χ3n) is 4.54. The Morgan fingerprint density at radius 3 is 2.38 bits per heavy atom. The summed E-state index contributed by atoms with van der Waals surface area (Å²) in [5.41, 5.74) is 1.35. The van der Waals surface area contributed by atoms with E-state index in [0.29, 0.717) is 0 Å². The molecule has 0 spiro atoms. The summed E-state index contributed by atoms with van der Waals surface area (Å²) >= 11 is 3.48. The number of nitrogens with zero attached hydrogens (tertiary/aromatic N) is 1. The zero-order valence-electron chi connectivity index (χ0n) is 13.7. The Bertz CT molecular complexity index is 922. The molecular formula is C18H18BrNO3S. The number of halogens is 1. The van der Waals surface area contributed by atoms with E-state index in [2.05, 4.69) is 15.9 Å². The molecule has 6 heteroatoms. The van der Waals surface area contributed by atoms with Crippen molar-refractivity contribution in [2.24, 2.45) is 0 Å². The van der Waals surface area contributed by atoms with Gasteiger partial charge in [0, 0.05) is 22.8 Å². The molecule has 2 aromatic rings. The van der Waals surface area contributed by atoms with Gasteiger partial charge in [0.05, 0.1) is 16.1 Å². The van der Waals surface area contributed by atoms with Gasteiger partial charge in [-0.15, -0.1) is 0 Å². The molecule has 0 aromatic heterocycles. The predicted molar refractivity (Wildman–Crippen MR) is 98.1 cm³/mol. The Kier molecular flexibility index (Phi) is 4.08. The highest BCUT2D eigenvalue weighted by molar-refractivity contribution is 9.10. The number of amides is 1. The first-order valence-corrected chi connectivity index (χ1v) is 9.98. The average molecular weight is 408 g/mol. The van der Waals surface area contributed by atoms with Gasteiger partial charge < -0.3 is 4.90 Å². The summed E-state index contributed by atoms with van der Waals surface area (Å²) in [6.45, 7) is 3.61. The van der Waals surface area contributed by atoms with Gasteiger partial charge in [0.2, 0.25) is 5.91 Å². The first kappa shape index (κ1) is 17.2. The Hall–Kier alpha value is -1.66. The van der Waals surface area contributed by atoms with Crippen LogP contribution in [0.3, 0.4) is 0 Å². The van der Waals surface area contributed by atoms with Crippen LogP contribution in [0.15, 0.2) is 51.8 Å². The van der Waals surface area contributed by atoms with Gasteiger partial charge in [-0.2, -0.15) is 0 Å². The minimum absolute atomic E-state index is 0.208. The molecule has 3 rings (SSSR count). The number of carbonyl (C=O) groups is 1. The van der Waals surface area contributed by atoms with Gasteiger partial charge in [-0.05, 0) is 38.1 Å².